The molecular weight excluding hydrogens is 408 g/mol. The van der Waals surface area contributed by atoms with Gasteiger partial charge < -0.3 is 28.5 Å². The number of furan rings is 1. The maximum Gasteiger partial charge on any atom is 0.341 e. The molecule has 166 valence electrons. The van der Waals surface area contributed by atoms with E-state index in [-0.39, 0.29) is 12.3 Å². The number of carbonyl (C=O) groups is 3. The smallest absolute Gasteiger partial charge is 0.341 e. The predicted octanol–water partition coefficient (Wildman–Crippen LogP) is 1.29. The first-order chi connectivity index (χ1) is 14.6. The molecule has 6 fully saturated rings. The van der Waals surface area contributed by atoms with Crippen LogP contribution in [0.3, 0.4) is 0 Å². The van der Waals surface area contributed by atoms with Crippen LogP contribution in [-0.2, 0) is 33.3 Å². The third-order valence-corrected chi connectivity index (χ3v) is 8.49. The van der Waals surface area contributed by atoms with E-state index in [9.17, 15) is 19.5 Å². The summed E-state index contributed by atoms with van der Waals surface area (Å²) in [6.45, 7) is 5.05. The fourth-order valence-corrected chi connectivity index (χ4v) is 7.36. The molecule has 0 amide bonds. The van der Waals surface area contributed by atoms with Crippen LogP contribution in [0, 0.1) is 22.7 Å². The van der Waals surface area contributed by atoms with E-state index in [0.29, 0.717) is 6.42 Å². The second-order valence-electron chi connectivity index (χ2n) is 10.1. The van der Waals surface area contributed by atoms with E-state index < -0.39 is 70.8 Å². The van der Waals surface area contributed by atoms with Crippen LogP contribution in [0.5, 0.6) is 0 Å². The average molecular weight is 432 g/mol. The van der Waals surface area contributed by atoms with E-state index in [2.05, 4.69) is 0 Å². The standard InChI is InChI=1S/C22H24O9/c1-9(23)28-12-7-21(3)16(14-15-17(30-15)22(21,26)19(25)31-14)20(2)6-11(10-4-5-27-8-10)29-18(24)13(12)20/h4-5,8,11-17,26H,6-7H2,1-3H3/t11-,12+,13+,14-,15+,16+,17+,20-,21-,22+/m1/s1. The zero-order valence-electron chi connectivity index (χ0n) is 17.4. The second-order valence-corrected chi connectivity index (χ2v) is 10.1. The highest BCUT2D eigenvalue weighted by molar-refractivity contribution is 5.86. The third-order valence-electron chi connectivity index (χ3n) is 8.49. The minimum atomic E-state index is -1.87. The van der Waals surface area contributed by atoms with Crippen LogP contribution in [0.2, 0.25) is 0 Å². The fourth-order valence-electron chi connectivity index (χ4n) is 7.36. The van der Waals surface area contributed by atoms with Gasteiger partial charge in [0, 0.05) is 23.8 Å². The lowest BCUT2D eigenvalue weighted by Crippen LogP contribution is -2.79. The first-order valence-electron chi connectivity index (χ1n) is 10.6. The van der Waals surface area contributed by atoms with Gasteiger partial charge in [-0.2, -0.15) is 0 Å². The fraction of sp³-hybridized carbons (Fsp3) is 0.682. The molecule has 1 N–H and O–H groups in total. The molecule has 9 nitrogen and oxygen atoms in total. The van der Waals surface area contributed by atoms with Crippen LogP contribution in [0.1, 0.15) is 45.3 Å². The van der Waals surface area contributed by atoms with E-state index in [0.717, 1.165) is 5.56 Å². The molecule has 4 saturated heterocycles. The minimum Gasteiger partial charge on any atom is -0.472 e. The number of epoxide rings is 1. The largest absolute Gasteiger partial charge is 0.472 e. The Labute approximate surface area is 177 Å². The van der Waals surface area contributed by atoms with Gasteiger partial charge in [-0.15, -0.1) is 0 Å². The average Bonchev–Trinajstić information content (AvgIpc) is 3.30. The van der Waals surface area contributed by atoms with Gasteiger partial charge in [-0.3, -0.25) is 9.59 Å². The summed E-state index contributed by atoms with van der Waals surface area (Å²) in [6, 6.07) is 1.74. The Morgan fingerprint density at radius 2 is 1.97 bits per heavy atom. The van der Waals surface area contributed by atoms with Crippen LogP contribution in [0.25, 0.3) is 0 Å². The first kappa shape index (κ1) is 19.3. The molecule has 5 heterocycles. The third kappa shape index (κ3) is 2.16. The van der Waals surface area contributed by atoms with Gasteiger partial charge in [-0.1, -0.05) is 13.8 Å². The summed E-state index contributed by atoms with van der Waals surface area (Å²) in [6.07, 6.45) is 0.573. The number of rotatable bonds is 2. The lowest BCUT2D eigenvalue weighted by molar-refractivity contribution is -0.297. The number of esters is 3. The SMILES string of the molecule is CC(=O)O[C@H]1C[C@]2(C)[C@@H]([C@@H]3OC(=O)[C@@]2(O)[C@H]2O[C@@H]32)[C@]2(C)C[C@H](c3ccoc3)OC(=O)[C@H]12. The molecule has 2 aliphatic carbocycles. The molecule has 2 bridgehead atoms. The highest BCUT2D eigenvalue weighted by Crippen LogP contribution is 2.72. The van der Waals surface area contributed by atoms with Gasteiger partial charge in [-0.25, -0.2) is 4.79 Å². The van der Waals surface area contributed by atoms with Crippen LogP contribution >= 0.6 is 0 Å². The van der Waals surface area contributed by atoms with Crippen molar-refractivity contribution in [2.45, 2.75) is 69.7 Å². The van der Waals surface area contributed by atoms with Crippen molar-refractivity contribution in [3.8, 4) is 0 Å². The van der Waals surface area contributed by atoms with E-state index in [4.69, 9.17) is 23.4 Å². The van der Waals surface area contributed by atoms with Crippen molar-refractivity contribution in [1.82, 2.24) is 0 Å². The van der Waals surface area contributed by atoms with Crippen molar-refractivity contribution in [2.24, 2.45) is 22.7 Å². The predicted molar refractivity (Wildman–Crippen MR) is 99.0 cm³/mol. The summed E-state index contributed by atoms with van der Waals surface area (Å²) in [7, 11) is 0. The number of hydrogen-bond donors (Lipinski definition) is 1. The topological polar surface area (TPSA) is 125 Å². The van der Waals surface area contributed by atoms with Crippen LogP contribution < -0.4 is 0 Å². The van der Waals surface area contributed by atoms with Gasteiger partial charge in [0.2, 0.25) is 0 Å². The first-order valence-corrected chi connectivity index (χ1v) is 10.6. The normalized spacial score (nSPS) is 51.7. The maximum atomic E-state index is 13.3. The number of cyclic esters (lactones) is 1. The molecule has 4 aliphatic heterocycles. The summed E-state index contributed by atoms with van der Waals surface area (Å²) in [5, 5.41) is 11.7. The van der Waals surface area contributed by atoms with Crippen LogP contribution in [0.4, 0.5) is 0 Å². The Kier molecular flexibility index (Phi) is 3.54. The Hall–Kier alpha value is -2.39. The zero-order valence-corrected chi connectivity index (χ0v) is 17.4. The van der Waals surface area contributed by atoms with Gasteiger partial charge in [0.1, 0.15) is 30.5 Å². The molecule has 7 rings (SSSR count). The molecule has 0 aromatic carbocycles. The Morgan fingerprint density at radius 3 is 2.65 bits per heavy atom. The van der Waals surface area contributed by atoms with Gasteiger partial charge in [0.25, 0.3) is 0 Å². The molecule has 1 aromatic heterocycles. The lowest BCUT2D eigenvalue weighted by Gasteiger charge is -2.67. The number of carbonyl (C=O) groups excluding carboxylic acids is 3. The molecule has 0 spiro atoms. The van der Waals surface area contributed by atoms with Crippen molar-refractivity contribution >= 4 is 17.9 Å². The van der Waals surface area contributed by atoms with Crippen molar-refractivity contribution < 1.29 is 42.9 Å². The molecular formula is C22H24O9. The molecule has 31 heavy (non-hydrogen) atoms. The maximum absolute atomic E-state index is 13.3. The molecule has 1 aromatic rings. The molecule has 10 atom stereocenters. The number of fused-ring (bicyclic) bond motifs is 2. The Morgan fingerprint density at radius 1 is 1.19 bits per heavy atom. The Bertz CT molecular complexity index is 987. The van der Waals surface area contributed by atoms with E-state index in [1.54, 1.807) is 6.07 Å². The number of aliphatic hydroxyl groups is 1. The number of hydrogen-bond acceptors (Lipinski definition) is 9. The van der Waals surface area contributed by atoms with Crippen molar-refractivity contribution in [3.63, 3.8) is 0 Å². The molecule has 0 unspecified atom stereocenters. The lowest BCUT2D eigenvalue weighted by atomic mass is 9.40. The monoisotopic (exact) mass is 432 g/mol. The summed E-state index contributed by atoms with van der Waals surface area (Å²) in [5.41, 5.74) is -2.94. The zero-order chi connectivity index (χ0) is 21.9. The highest BCUT2D eigenvalue weighted by Gasteiger charge is 2.85. The second kappa shape index (κ2) is 5.69. The summed E-state index contributed by atoms with van der Waals surface area (Å²) >= 11 is 0. The molecule has 2 saturated carbocycles. The molecule has 0 radical (unpaired) electrons. The van der Waals surface area contributed by atoms with Gasteiger partial charge in [-0.05, 0) is 24.3 Å². The van der Waals surface area contributed by atoms with Crippen LogP contribution in [-0.4, -0.2) is 53.0 Å². The van der Waals surface area contributed by atoms with Crippen molar-refractivity contribution in [2.75, 3.05) is 0 Å². The van der Waals surface area contributed by atoms with E-state index in [1.807, 2.05) is 13.8 Å². The molecule has 6 aliphatic rings. The summed E-state index contributed by atoms with van der Waals surface area (Å²) in [4.78, 5) is 38.1. The number of ether oxygens (including phenoxy) is 4. The quantitative estimate of drug-likeness (QED) is 0.418. The summed E-state index contributed by atoms with van der Waals surface area (Å²) < 4.78 is 28.0. The molecule has 9 heteroatoms. The summed E-state index contributed by atoms with van der Waals surface area (Å²) in [5.74, 6) is -2.85. The van der Waals surface area contributed by atoms with Gasteiger partial charge >= 0.3 is 17.9 Å². The highest BCUT2D eigenvalue weighted by atomic mass is 16.7. The van der Waals surface area contributed by atoms with Crippen molar-refractivity contribution in [1.29, 1.82) is 0 Å². The van der Waals surface area contributed by atoms with E-state index >= 15 is 0 Å². The minimum absolute atomic E-state index is 0.137. The van der Waals surface area contributed by atoms with E-state index in [1.165, 1.54) is 19.5 Å². The van der Waals surface area contributed by atoms with Crippen LogP contribution in [0.15, 0.2) is 23.0 Å². The Balaban J connectivity index is 1.51. The van der Waals surface area contributed by atoms with Gasteiger partial charge in [0.05, 0.1) is 18.4 Å². The van der Waals surface area contributed by atoms with Gasteiger partial charge in [0.15, 0.2) is 5.60 Å². The van der Waals surface area contributed by atoms with Crippen molar-refractivity contribution in [3.05, 3.63) is 24.2 Å².